The van der Waals surface area contributed by atoms with Crippen molar-refractivity contribution in [3.8, 4) is 10.4 Å². The van der Waals surface area contributed by atoms with Gasteiger partial charge in [-0.1, -0.05) is 24.3 Å². The molecular formula is C18H18N6OS. The van der Waals surface area contributed by atoms with E-state index in [1.807, 2.05) is 29.6 Å². The van der Waals surface area contributed by atoms with Gasteiger partial charge < -0.3 is 22.3 Å². The number of amides is 1. The quantitative estimate of drug-likeness (QED) is 0.159. The predicted octanol–water partition coefficient (Wildman–Crippen LogP) is 2.33. The van der Waals surface area contributed by atoms with E-state index >= 15 is 0 Å². The highest BCUT2D eigenvalue weighted by Gasteiger charge is 2.11. The summed E-state index contributed by atoms with van der Waals surface area (Å²) in [6.07, 6.45) is 0. The van der Waals surface area contributed by atoms with Crippen molar-refractivity contribution in [3.63, 3.8) is 0 Å². The van der Waals surface area contributed by atoms with E-state index in [0.29, 0.717) is 28.3 Å². The second kappa shape index (κ2) is 7.68. The molecule has 0 aliphatic heterocycles. The van der Waals surface area contributed by atoms with Crippen LogP contribution in [0.5, 0.6) is 0 Å². The van der Waals surface area contributed by atoms with E-state index in [-0.39, 0.29) is 5.91 Å². The Morgan fingerprint density at radius 3 is 2.38 bits per heavy atom. The fraction of sp³-hybridized carbons (Fsp3) is 0. The van der Waals surface area contributed by atoms with Crippen molar-refractivity contribution >= 4 is 34.5 Å². The van der Waals surface area contributed by atoms with Crippen LogP contribution in [0.2, 0.25) is 0 Å². The number of hydrogen-bond acceptors (Lipinski definition) is 6. The number of carbonyl (C=O) groups excluding carboxylic acids is 1. The van der Waals surface area contributed by atoms with Crippen molar-refractivity contribution < 1.29 is 4.79 Å². The standard InChI is InChI=1S/C18H18N6OS/c19-14-8-7-13(16-2-1-9-26-16)10-15(14)22-18(25)12-5-3-11(4-6-12)17(23-20)24-21/h1-10H,19-21H2,(H,22,25)(H,23,24). The summed E-state index contributed by atoms with van der Waals surface area (Å²) < 4.78 is 0. The fourth-order valence-electron chi connectivity index (χ4n) is 2.43. The molecule has 2 aromatic carbocycles. The van der Waals surface area contributed by atoms with Crippen LogP contribution in [0.25, 0.3) is 10.4 Å². The molecule has 3 aromatic rings. The number of nitrogens with one attached hydrogen (secondary N) is 2. The second-order valence-electron chi connectivity index (χ2n) is 5.43. The molecule has 8 heteroatoms. The maximum Gasteiger partial charge on any atom is 0.255 e. The van der Waals surface area contributed by atoms with E-state index < -0.39 is 0 Å². The minimum absolute atomic E-state index is 0.265. The molecule has 0 aliphatic carbocycles. The van der Waals surface area contributed by atoms with Crippen molar-refractivity contribution in [2.24, 2.45) is 16.8 Å². The van der Waals surface area contributed by atoms with Gasteiger partial charge >= 0.3 is 0 Å². The molecule has 8 N–H and O–H groups in total. The molecule has 0 fully saturated rings. The average Bonchev–Trinajstić information content (AvgIpc) is 3.20. The van der Waals surface area contributed by atoms with Crippen LogP contribution in [0.3, 0.4) is 0 Å². The third-order valence-corrected chi connectivity index (χ3v) is 4.71. The maximum atomic E-state index is 12.5. The molecular weight excluding hydrogens is 348 g/mol. The lowest BCUT2D eigenvalue weighted by atomic mass is 10.1. The first-order valence-electron chi connectivity index (χ1n) is 7.72. The van der Waals surface area contributed by atoms with Gasteiger partial charge in [0, 0.05) is 16.0 Å². The minimum atomic E-state index is -0.265. The highest BCUT2D eigenvalue weighted by Crippen LogP contribution is 2.30. The van der Waals surface area contributed by atoms with Crippen molar-refractivity contribution in [1.82, 2.24) is 5.43 Å². The van der Waals surface area contributed by atoms with Gasteiger partial charge in [0.15, 0.2) is 5.84 Å². The summed E-state index contributed by atoms with van der Waals surface area (Å²) in [6.45, 7) is 0. The molecule has 1 aromatic heterocycles. The number of hydrazine groups is 1. The molecule has 0 bridgehead atoms. The van der Waals surface area contributed by atoms with Crippen LogP contribution >= 0.6 is 11.3 Å². The molecule has 0 saturated carbocycles. The van der Waals surface area contributed by atoms with E-state index in [4.69, 9.17) is 17.4 Å². The Morgan fingerprint density at radius 1 is 1.04 bits per heavy atom. The lowest BCUT2D eigenvalue weighted by Crippen LogP contribution is -2.32. The first-order valence-corrected chi connectivity index (χ1v) is 8.60. The minimum Gasteiger partial charge on any atom is -0.397 e. The van der Waals surface area contributed by atoms with Crippen LogP contribution in [0, 0.1) is 0 Å². The number of benzene rings is 2. The Balaban J connectivity index is 1.81. The molecule has 0 saturated heterocycles. The summed E-state index contributed by atoms with van der Waals surface area (Å²) in [6, 6.07) is 16.3. The van der Waals surface area contributed by atoms with Crippen LogP contribution in [0.1, 0.15) is 15.9 Å². The number of nitrogens with zero attached hydrogens (tertiary/aromatic N) is 1. The van der Waals surface area contributed by atoms with Crippen LogP contribution in [0.15, 0.2) is 65.1 Å². The van der Waals surface area contributed by atoms with Crippen molar-refractivity contribution in [3.05, 3.63) is 71.1 Å². The summed E-state index contributed by atoms with van der Waals surface area (Å²) >= 11 is 1.62. The van der Waals surface area contributed by atoms with Crippen LogP contribution < -0.4 is 28.2 Å². The molecule has 3 rings (SSSR count). The first kappa shape index (κ1) is 17.5. The molecule has 0 atom stereocenters. The normalized spacial score (nSPS) is 11.2. The molecule has 1 amide bonds. The van der Waals surface area contributed by atoms with E-state index in [1.165, 1.54) is 0 Å². The van der Waals surface area contributed by atoms with Gasteiger partial charge in [-0.2, -0.15) is 5.10 Å². The maximum absolute atomic E-state index is 12.5. The zero-order valence-corrected chi connectivity index (χ0v) is 14.6. The van der Waals surface area contributed by atoms with Gasteiger partial charge in [0.05, 0.1) is 11.4 Å². The molecule has 7 nitrogen and oxygen atoms in total. The number of amidine groups is 1. The van der Waals surface area contributed by atoms with Gasteiger partial charge in [0.2, 0.25) is 0 Å². The zero-order chi connectivity index (χ0) is 18.5. The molecule has 26 heavy (non-hydrogen) atoms. The summed E-state index contributed by atoms with van der Waals surface area (Å²) in [7, 11) is 0. The van der Waals surface area contributed by atoms with Crippen molar-refractivity contribution in [2.45, 2.75) is 0 Å². The fourth-order valence-corrected chi connectivity index (χ4v) is 3.15. The van der Waals surface area contributed by atoms with Crippen LogP contribution in [-0.2, 0) is 0 Å². The Labute approximate surface area is 154 Å². The van der Waals surface area contributed by atoms with Crippen LogP contribution in [-0.4, -0.2) is 11.7 Å². The summed E-state index contributed by atoms with van der Waals surface area (Å²) in [5, 5.41) is 8.38. The Hall–Kier alpha value is -3.36. The van der Waals surface area contributed by atoms with Gasteiger partial charge in [-0.3, -0.25) is 4.79 Å². The predicted molar refractivity (Wildman–Crippen MR) is 107 cm³/mol. The topological polar surface area (TPSA) is 132 Å². The third kappa shape index (κ3) is 3.66. The summed E-state index contributed by atoms with van der Waals surface area (Å²) in [4.78, 5) is 13.6. The monoisotopic (exact) mass is 366 g/mol. The van der Waals surface area contributed by atoms with Crippen molar-refractivity contribution in [1.29, 1.82) is 0 Å². The van der Waals surface area contributed by atoms with Gasteiger partial charge in [-0.25, -0.2) is 5.84 Å². The molecule has 0 unspecified atom stereocenters. The average molecular weight is 366 g/mol. The van der Waals surface area contributed by atoms with Gasteiger partial charge in [0.1, 0.15) is 0 Å². The number of hydrogen-bond donors (Lipinski definition) is 5. The molecule has 0 radical (unpaired) electrons. The number of hydrazone groups is 1. The summed E-state index contributed by atoms with van der Waals surface area (Å²) in [5.41, 5.74) is 11.6. The lowest BCUT2D eigenvalue weighted by Gasteiger charge is -2.11. The van der Waals surface area contributed by atoms with Gasteiger partial charge in [-0.05, 0) is 41.3 Å². The highest BCUT2D eigenvalue weighted by molar-refractivity contribution is 7.13. The molecule has 0 aliphatic rings. The van der Waals surface area contributed by atoms with Crippen molar-refractivity contribution in [2.75, 3.05) is 11.1 Å². The molecule has 1 heterocycles. The molecule has 132 valence electrons. The molecule has 0 spiro atoms. The Morgan fingerprint density at radius 2 is 1.77 bits per heavy atom. The van der Waals surface area contributed by atoms with E-state index in [0.717, 1.165) is 10.4 Å². The number of anilines is 2. The van der Waals surface area contributed by atoms with E-state index in [1.54, 1.807) is 41.7 Å². The van der Waals surface area contributed by atoms with Gasteiger partial charge in [-0.15, -0.1) is 11.3 Å². The highest BCUT2D eigenvalue weighted by atomic mass is 32.1. The largest absolute Gasteiger partial charge is 0.397 e. The van der Waals surface area contributed by atoms with E-state index in [9.17, 15) is 4.79 Å². The zero-order valence-electron chi connectivity index (χ0n) is 13.8. The SMILES string of the molecule is N/N=C(\NN)c1ccc(C(=O)Nc2cc(-c3cccs3)ccc2N)cc1. The smallest absolute Gasteiger partial charge is 0.255 e. The Kier molecular flexibility index (Phi) is 5.16. The summed E-state index contributed by atoms with van der Waals surface area (Å²) in [5.74, 6) is 10.6. The lowest BCUT2D eigenvalue weighted by molar-refractivity contribution is 0.102. The van der Waals surface area contributed by atoms with Gasteiger partial charge in [0.25, 0.3) is 5.91 Å². The number of rotatable bonds is 4. The third-order valence-electron chi connectivity index (χ3n) is 3.79. The Bertz CT molecular complexity index is 935. The number of carbonyl (C=O) groups is 1. The second-order valence-corrected chi connectivity index (χ2v) is 6.38. The van der Waals surface area contributed by atoms with E-state index in [2.05, 4.69) is 15.8 Å². The number of nitrogens with two attached hydrogens (primary N) is 3. The number of thiophene rings is 1. The van der Waals surface area contributed by atoms with Crippen LogP contribution in [0.4, 0.5) is 11.4 Å². The number of nitrogen functional groups attached to an aromatic ring is 1. The first-order chi connectivity index (χ1) is 12.6.